The molecule has 6 heteroatoms. The molecular formula is C26H29NO4S. The number of benzene rings is 3. The van der Waals surface area contributed by atoms with Crippen molar-refractivity contribution in [2.75, 3.05) is 17.5 Å². The van der Waals surface area contributed by atoms with Gasteiger partial charge in [-0.2, -0.15) is 0 Å². The number of epoxide rings is 1. The van der Waals surface area contributed by atoms with Crippen LogP contribution in [-0.2, 0) is 25.9 Å². The van der Waals surface area contributed by atoms with E-state index < -0.39 is 10.0 Å². The number of hydrogen-bond acceptors (Lipinski definition) is 4. The number of sulfonamides is 1. The Kier molecular flexibility index (Phi) is 6.26. The number of rotatable bonds is 8. The van der Waals surface area contributed by atoms with Gasteiger partial charge in [0.2, 0.25) is 10.0 Å². The minimum atomic E-state index is -3.70. The van der Waals surface area contributed by atoms with Crippen molar-refractivity contribution in [3.63, 3.8) is 0 Å². The Morgan fingerprint density at radius 2 is 1.50 bits per heavy atom. The maximum Gasteiger partial charge on any atom is 0.243 e. The van der Waals surface area contributed by atoms with E-state index in [1.807, 2.05) is 78.9 Å². The van der Waals surface area contributed by atoms with Gasteiger partial charge in [0.15, 0.2) is 0 Å². The van der Waals surface area contributed by atoms with Crippen molar-refractivity contribution in [3.8, 4) is 5.75 Å². The first-order chi connectivity index (χ1) is 15.2. The third-order valence-electron chi connectivity index (χ3n) is 5.29. The molecule has 1 aliphatic rings. The van der Waals surface area contributed by atoms with Gasteiger partial charge in [-0.15, -0.1) is 0 Å². The van der Waals surface area contributed by atoms with E-state index in [9.17, 15) is 8.42 Å². The van der Waals surface area contributed by atoms with Crippen LogP contribution < -0.4 is 9.04 Å². The second kappa shape index (κ2) is 8.96. The Labute approximate surface area is 190 Å². The predicted octanol–water partition coefficient (Wildman–Crippen LogP) is 5.43. The Balaban J connectivity index is 1.67. The van der Waals surface area contributed by atoms with Gasteiger partial charge in [-0.3, -0.25) is 0 Å². The molecule has 1 heterocycles. The summed E-state index contributed by atoms with van der Waals surface area (Å²) in [6, 6.07) is 24.0. The highest BCUT2D eigenvalue weighted by atomic mass is 32.2. The Hall–Kier alpha value is -2.83. The third-order valence-corrected chi connectivity index (χ3v) is 6.96. The fourth-order valence-corrected chi connectivity index (χ4v) is 5.21. The van der Waals surface area contributed by atoms with E-state index in [0.717, 1.165) is 23.5 Å². The van der Waals surface area contributed by atoms with Crippen molar-refractivity contribution in [1.29, 1.82) is 0 Å². The molecule has 3 aromatic carbocycles. The van der Waals surface area contributed by atoms with Crippen molar-refractivity contribution in [1.82, 2.24) is 0 Å². The summed E-state index contributed by atoms with van der Waals surface area (Å²) in [4.78, 5) is 0. The molecule has 5 nitrogen and oxygen atoms in total. The van der Waals surface area contributed by atoms with Gasteiger partial charge in [0, 0.05) is 0 Å². The van der Waals surface area contributed by atoms with Crippen molar-refractivity contribution in [2.45, 2.75) is 38.0 Å². The SMILES string of the molecule is CC(C)(C)c1cc(CS(=O)(=O)N(c2ccccc2)c2ccccc2)ccc1OCC1CO1. The molecule has 0 amide bonds. The zero-order valence-corrected chi connectivity index (χ0v) is 19.5. The number of nitrogens with zero attached hydrogens (tertiary/aromatic N) is 1. The first kappa shape index (κ1) is 22.4. The molecule has 0 aromatic heterocycles. The van der Waals surface area contributed by atoms with Gasteiger partial charge < -0.3 is 9.47 Å². The van der Waals surface area contributed by atoms with Gasteiger partial charge in [-0.1, -0.05) is 69.3 Å². The first-order valence-electron chi connectivity index (χ1n) is 10.7. The smallest absolute Gasteiger partial charge is 0.243 e. The van der Waals surface area contributed by atoms with E-state index in [0.29, 0.717) is 18.0 Å². The van der Waals surface area contributed by atoms with Gasteiger partial charge in [-0.05, 0) is 46.9 Å². The van der Waals surface area contributed by atoms with Gasteiger partial charge in [-0.25, -0.2) is 12.7 Å². The molecule has 1 atom stereocenters. The molecule has 32 heavy (non-hydrogen) atoms. The lowest BCUT2D eigenvalue weighted by atomic mass is 9.85. The largest absolute Gasteiger partial charge is 0.490 e. The first-order valence-corrected chi connectivity index (χ1v) is 12.4. The van der Waals surface area contributed by atoms with Crippen molar-refractivity contribution in [2.24, 2.45) is 0 Å². The minimum Gasteiger partial charge on any atom is -0.490 e. The van der Waals surface area contributed by atoms with E-state index in [4.69, 9.17) is 9.47 Å². The molecule has 0 saturated carbocycles. The second-order valence-corrected chi connectivity index (χ2v) is 10.9. The molecule has 1 unspecified atom stereocenters. The predicted molar refractivity (Wildman–Crippen MR) is 128 cm³/mol. The van der Waals surface area contributed by atoms with Crippen LogP contribution in [0.3, 0.4) is 0 Å². The minimum absolute atomic E-state index is 0.119. The molecule has 1 aliphatic heterocycles. The molecule has 0 bridgehead atoms. The van der Waals surface area contributed by atoms with Gasteiger partial charge >= 0.3 is 0 Å². The molecular weight excluding hydrogens is 422 g/mol. The second-order valence-electron chi connectivity index (χ2n) is 9.04. The van der Waals surface area contributed by atoms with E-state index in [1.165, 1.54) is 4.31 Å². The Morgan fingerprint density at radius 3 is 2.00 bits per heavy atom. The van der Waals surface area contributed by atoms with Crippen LogP contribution in [0.1, 0.15) is 31.9 Å². The molecule has 1 fully saturated rings. The summed E-state index contributed by atoms with van der Waals surface area (Å²) in [6.07, 6.45) is 0.160. The van der Waals surface area contributed by atoms with E-state index in [-0.39, 0.29) is 17.3 Å². The van der Waals surface area contributed by atoms with Gasteiger partial charge in [0.1, 0.15) is 18.5 Å². The number of anilines is 2. The van der Waals surface area contributed by atoms with Crippen LogP contribution in [0, 0.1) is 0 Å². The quantitative estimate of drug-likeness (QED) is 0.429. The zero-order chi connectivity index (χ0) is 22.8. The van der Waals surface area contributed by atoms with E-state index in [2.05, 4.69) is 20.8 Å². The third kappa shape index (κ3) is 5.31. The number of ether oxygens (including phenoxy) is 2. The maximum atomic E-state index is 13.6. The summed E-state index contributed by atoms with van der Waals surface area (Å²) in [7, 11) is -3.70. The lowest BCUT2D eigenvalue weighted by Crippen LogP contribution is -2.27. The molecule has 0 spiro atoms. The normalized spacial score (nSPS) is 15.9. The average molecular weight is 452 g/mol. The Morgan fingerprint density at radius 1 is 0.938 bits per heavy atom. The number of para-hydroxylation sites is 2. The van der Waals surface area contributed by atoms with Crippen molar-refractivity contribution < 1.29 is 17.9 Å². The van der Waals surface area contributed by atoms with Crippen LogP contribution in [0.4, 0.5) is 11.4 Å². The van der Waals surface area contributed by atoms with Crippen LogP contribution in [0.5, 0.6) is 5.75 Å². The number of hydrogen-bond donors (Lipinski definition) is 0. The highest BCUT2D eigenvalue weighted by Gasteiger charge is 2.28. The summed E-state index contributed by atoms with van der Waals surface area (Å²) >= 11 is 0. The van der Waals surface area contributed by atoms with Gasteiger partial charge in [0.05, 0.1) is 23.7 Å². The average Bonchev–Trinajstić information content (AvgIpc) is 3.58. The molecule has 3 aromatic rings. The zero-order valence-electron chi connectivity index (χ0n) is 18.7. The Bertz CT molecular complexity index is 1110. The molecule has 0 N–H and O–H groups in total. The highest BCUT2D eigenvalue weighted by molar-refractivity contribution is 7.92. The maximum absolute atomic E-state index is 13.6. The molecule has 1 saturated heterocycles. The molecule has 4 rings (SSSR count). The summed E-state index contributed by atoms with van der Waals surface area (Å²) in [5.74, 6) is 0.656. The van der Waals surface area contributed by atoms with Gasteiger partial charge in [0.25, 0.3) is 0 Å². The summed E-state index contributed by atoms with van der Waals surface area (Å²) in [5.41, 5.74) is 2.73. The van der Waals surface area contributed by atoms with Crippen molar-refractivity contribution in [3.05, 3.63) is 90.0 Å². The van der Waals surface area contributed by atoms with Crippen LogP contribution in [-0.4, -0.2) is 27.7 Å². The van der Waals surface area contributed by atoms with Crippen LogP contribution in [0.25, 0.3) is 0 Å². The highest BCUT2D eigenvalue weighted by Crippen LogP contribution is 2.35. The fraction of sp³-hybridized carbons (Fsp3) is 0.308. The van der Waals surface area contributed by atoms with E-state index in [1.54, 1.807) is 0 Å². The fourth-order valence-electron chi connectivity index (χ4n) is 3.60. The van der Waals surface area contributed by atoms with Crippen molar-refractivity contribution >= 4 is 21.4 Å². The molecule has 168 valence electrons. The van der Waals surface area contributed by atoms with E-state index >= 15 is 0 Å². The lowest BCUT2D eigenvalue weighted by Gasteiger charge is -2.26. The lowest BCUT2D eigenvalue weighted by molar-refractivity contribution is 0.258. The van der Waals surface area contributed by atoms with Crippen LogP contribution in [0.2, 0.25) is 0 Å². The monoisotopic (exact) mass is 451 g/mol. The molecule has 0 radical (unpaired) electrons. The topological polar surface area (TPSA) is 59.1 Å². The molecule has 0 aliphatic carbocycles. The summed E-state index contributed by atoms with van der Waals surface area (Å²) < 4.78 is 39.9. The summed E-state index contributed by atoms with van der Waals surface area (Å²) in [5, 5.41) is 0. The van der Waals surface area contributed by atoms with Crippen LogP contribution >= 0.6 is 0 Å². The standard InChI is InChI=1S/C26H29NO4S/c1-26(2,3)24-16-20(14-15-25(24)31-18-23-17-30-23)19-32(28,29)27(21-10-6-4-7-11-21)22-12-8-5-9-13-22/h4-16,23H,17-19H2,1-3H3. The van der Waals surface area contributed by atoms with Crippen LogP contribution in [0.15, 0.2) is 78.9 Å². The summed E-state index contributed by atoms with van der Waals surface area (Å²) in [6.45, 7) is 7.54.